The van der Waals surface area contributed by atoms with Crippen LogP contribution >= 0.6 is 0 Å². The van der Waals surface area contributed by atoms with Crippen molar-refractivity contribution in [3.63, 3.8) is 0 Å². The average Bonchev–Trinajstić information content (AvgIpc) is 2.77. The number of methoxy groups -OCH3 is 1. The van der Waals surface area contributed by atoms with Crippen LogP contribution in [0.15, 0.2) is 55.1 Å². The molecule has 0 radical (unpaired) electrons. The molecule has 0 N–H and O–H groups in total. The van der Waals surface area contributed by atoms with E-state index in [1.807, 2.05) is 6.07 Å². The van der Waals surface area contributed by atoms with Gasteiger partial charge in [-0.2, -0.15) is 0 Å². The zero-order valence-corrected chi connectivity index (χ0v) is 17.6. The summed E-state index contributed by atoms with van der Waals surface area (Å²) in [5.41, 5.74) is 3.00. The summed E-state index contributed by atoms with van der Waals surface area (Å²) in [4.78, 5) is 0. The lowest BCUT2D eigenvalue weighted by Gasteiger charge is -2.42. The normalized spacial score (nSPS) is 26.6. The van der Waals surface area contributed by atoms with Gasteiger partial charge in [-0.25, -0.2) is 4.39 Å². The molecule has 2 heteroatoms. The summed E-state index contributed by atoms with van der Waals surface area (Å²) in [5, 5.41) is 0. The number of halogens is 1. The van der Waals surface area contributed by atoms with Gasteiger partial charge in [-0.05, 0) is 91.9 Å². The fourth-order valence-electron chi connectivity index (χ4n) is 5.70. The van der Waals surface area contributed by atoms with Crippen LogP contribution in [0.1, 0.15) is 62.8 Å². The maximum Gasteiger partial charge on any atom is 0.134 e. The molecule has 2 fully saturated rings. The van der Waals surface area contributed by atoms with Crippen molar-refractivity contribution in [3.8, 4) is 16.9 Å². The summed E-state index contributed by atoms with van der Waals surface area (Å²) in [6.45, 7) is 3.88. The van der Waals surface area contributed by atoms with Crippen LogP contribution in [-0.2, 0) is 0 Å². The van der Waals surface area contributed by atoms with Gasteiger partial charge in [-0.3, -0.25) is 0 Å². The van der Waals surface area contributed by atoms with Crippen molar-refractivity contribution in [2.24, 2.45) is 17.8 Å². The molecule has 2 aromatic rings. The van der Waals surface area contributed by atoms with Crippen LogP contribution in [0.5, 0.6) is 5.75 Å². The number of benzene rings is 2. The monoisotopic (exact) mass is 392 g/mol. The molecule has 0 bridgehead atoms. The molecule has 2 aliphatic carbocycles. The quantitative estimate of drug-likeness (QED) is 0.456. The molecular weight excluding hydrogens is 359 g/mol. The van der Waals surface area contributed by atoms with E-state index in [9.17, 15) is 4.39 Å². The van der Waals surface area contributed by atoms with Crippen molar-refractivity contribution in [1.29, 1.82) is 0 Å². The lowest BCUT2D eigenvalue weighted by Crippen LogP contribution is -2.30. The van der Waals surface area contributed by atoms with Crippen molar-refractivity contribution in [2.75, 3.05) is 7.11 Å². The van der Waals surface area contributed by atoms with E-state index >= 15 is 0 Å². The molecule has 0 spiro atoms. The van der Waals surface area contributed by atoms with E-state index in [-0.39, 0.29) is 5.82 Å². The molecule has 0 amide bonds. The van der Waals surface area contributed by atoms with Gasteiger partial charge in [0.25, 0.3) is 0 Å². The summed E-state index contributed by atoms with van der Waals surface area (Å²) in [7, 11) is 1.56. The zero-order valence-electron chi connectivity index (χ0n) is 17.6. The smallest absolute Gasteiger partial charge is 0.134 e. The maximum absolute atomic E-state index is 14.4. The van der Waals surface area contributed by atoms with Crippen molar-refractivity contribution in [1.82, 2.24) is 0 Å². The Balaban J connectivity index is 1.40. The van der Waals surface area contributed by atoms with Gasteiger partial charge in [-0.15, -0.1) is 6.58 Å². The minimum absolute atomic E-state index is 0.231. The summed E-state index contributed by atoms with van der Waals surface area (Å²) in [6.07, 6.45) is 12.8. The Morgan fingerprint density at radius 2 is 1.76 bits per heavy atom. The Hall–Kier alpha value is -2.09. The van der Waals surface area contributed by atoms with Crippen LogP contribution in [-0.4, -0.2) is 7.11 Å². The average molecular weight is 393 g/mol. The third-order valence-corrected chi connectivity index (χ3v) is 7.37. The largest absolute Gasteiger partial charge is 0.497 e. The first-order chi connectivity index (χ1) is 14.2. The number of allylic oxidation sites excluding steroid dienone is 1. The molecule has 0 saturated heterocycles. The number of hydrogen-bond acceptors (Lipinski definition) is 1. The fraction of sp³-hybridized carbons (Fsp3) is 0.481. The minimum Gasteiger partial charge on any atom is -0.497 e. The van der Waals surface area contributed by atoms with Crippen LogP contribution < -0.4 is 4.74 Å². The SMILES string of the molecule is C=CCCC1CCC2CC(c3ccc(-c4ccc(OC)cc4F)cc3)CCC2C1. The van der Waals surface area contributed by atoms with E-state index in [4.69, 9.17) is 4.74 Å². The molecule has 4 unspecified atom stereocenters. The van der Waals surface area contributed by atoms with Gasteiger partial charge in [0.05, 0.1) is 7.11 Å². The second-order valence-electron chi connectivity index (χ2n) is 9.04. The molecule has 2 aromatic carbocycles. The van der Waals surface area contributed by atoms with Gasteiger partial charge in [0.2, 0.25) is 0 Å². The maximum atomic E-state index is 14.4. The summed E-state index contributed by atoms with van der Waals surface area (Å²) < 4.78 is 19.5. The molecule has 4 rings (SSSR count). The molecule has 0 aliphatic heterocycles. The van der Waals surface area contributed by atoms with Crippen molar-refractivity contribution in [3.05, 3.63) is 66.5 Å². The van der Waals surface area contributed by atoms with E-state index in [1.165, 1.54) is 63.0 Å². The van der Waals surface area contributed by atoms with E-state index in [2.05, 4.69) is 36.9 Å². The topological polar surface area (TPSA) is 9.23 Å². The van der Waals surface area contributed by atoms with Gasteiger partial charge in [0.1, 0.15) is 11.6 Å². The third kappa shape index (κ3) is 4.57. The van der Waals surface area contributed by atoms with E-state index < -0.39 is 0 Å². The zero-order chi connectivity index (χ0) is 20.2. The first-order valence-corrected chi connectivity index (χ1v) is 11.2. The second kappa shape index (κ2) is 9.15. The van der Waals surface area contributed by atoms with E-state index in [0.29, 0.717) is 17.2 Å². The highest BCUT2D eigenvalue weighted by atomic mass is 19.1. The molecular formula is C27H33FO. The molecule has 0 aromatic heterocycles. The van der Waals surface area contributed by atoms with Gasteiger partial charge < -0.3 is 4.74 Å². The highest BCUT2D eigenvalue weighted by molar-refractivity contribution is 5.65. The van der Waals surface area contributed by atoms with E-state index in [1.54, 1.807) is 13.2 Å². The Labute approximate surface area is 175 Å². The number of fused-ring (bicyclic) bond motifs is 1. The molecule has 154 valence electrons. The predicted octanol–water partition coefficient (Wildman–Crippen LogP) is 7.77. The molecule has 4 atom stereocenters. The molecule has 2 saturated carbocycles. The predicted molar refractivity (Wildman–Crippen MR) is 119 cm³/mol. The van der Waals surface area contributed by atoms with Crippen molar-refractivity contribution < 1.29 is 9.13 Å². The first-order valence-electron chi connectivity index (χ1n) is 11.2. The molecule has 1 nitrogen and oxygen atoms in total. The van der Waals surface area contributed by atoms with Crippen LogP contribution in [0.25, 0.3) is 11.1 Å². The van der Waals surface area contributed by atoms with Crippen molar-refractivity contribution in [2.45, 2.75) is 57.3 Å². The number of rotatable bonds is 6. The summed E-state index contributed by atoms with van der Waals surface area (Å²) in [5.74, 6) is 3.74. The minimum atomic E-state index is -0.231. The summed E-state index contributed by atoms with van der Waals surface area (Å²) in [6, 6.07) is 13.7. The lowest BCUT2D eigenvalue weighted by molar-refractivity contribution is 0.115. The fourth-order valence-corrected chi connectivity index (χ4v) is 5.70. The van der Waals surface area contributed by atoms with E-state index in [0.717, 1.165) is 23.3 Å². The van der Waals surface area contributed by atoms with Crippen LogP contribution in [0.2, 0.25) is 0 Å². The number of ether oxygens (including phenoxy) is 1. The Bertz CT molecular complexity index is 825. The Morgan fingerprint density at radius 1 is 1.00 bits per heavy atom. The van der Waals surface area contributed by atoms with Crippen LogP contribution in [0.3, 0.4) is 0 Å². The standard InChI is InChI=1S/C27H33FO/c1-3-4-5-19-6-7-24-17-23(13-12-22(24)16-19)20-8-10-21(11-9-20)26-15-14-25(29-2)18-27(26)28/h3,8-11,14-15,18-19,22-24H,1,4-7,12-13,16-17H2,2H3. The summed E-state index contributed by atoms with van der Waals surface area (Å²) >= 11 is 0. The van der Waals surface area contributed by atoms with Crippen molar-refractivity contribution >= 4 is 0 Å². The lowest BCUT2D eigenvalue weighted by atomic mass is 9.63. The van der Waals surface area contributed by atoms with Gasteiger partial charge in [-0.1, -0.05) is 36.8 Å². The first kappa shape index (κ1) is 20.2. The highest BCUT2D eigenvalue weighted by Gasteiger charge is 2.35. The molecule has 2 aliphatic rings. The molecule has 0 heterocycles. The highest BCUT2D eigenvalue weighted by Crippen LogP contribution is 2.48. The Morgan fingerprint density at radius 3 is 2.48 bits per heavy atom. The van der Waals surface area contributed by atoms with Gasteiger partial charge >= 0.3 is 0 Å². The second-order valence-corrected chi connectivity index (χ2v) is 9.04. The third-order valence-electron chi connectivity index (χ3n) is 7.37. The van der Waals surface area contributed by atoms with Crippen LogP contribution in [0, 0.1) is 23.6 Å². The Kier molecular flexibility index (Phi) is 6.37. The molecule has 29 heavy (non-hydrogen) atoms. The van der Waals surface area contributed by atoms with Gasteiger partial charge in [0.15, 0.2) is 0 Å². The van der Waals surface area contributed by atoms with Gasteiger partial charge in [0, 0.05) is 11.6 Å². The van der Waals surface area contributed by atoms with Crippen LogP contribution in [0.4, 0.5) is 4.39 Å². The number of hydrogen-bond donors (Lipinski definition) is 0.